The maximum atomic E-state index is 12.8. The number of carbonyl (C=O) groups excluding carboxylic acids is 3. The number of hydrogen-bond donors (Lipinski definition) is 0. The van der Waals surface area contributed by atoms with Crippen LogP contribution in [0.4, 0.5) is 0 Å². The van der Waals surface area contributed by atoms with Gasteiger partial charge < -0.3 is 14.2 Å². The monoisotopic (exact) mass is 887 g/mol. The SMILES string of the molecule is CCCCCCC/C=C\CCCCCCCC(=O)O[C@@H](COC(=O)CCCCCCCCC/C=C\CCCCCCCCCC)COC(=O)CCCCCCCCCCCCCC. The molecule has 0 unspecified atom stereocenters. The quantitative estimate of drug-likeness (QED) is 0.0262. The van der Waals surface area contributed by atoms with Crippen molar-refractivity contribution in [2.75, 3.05) is 13.2 Å². The van der Waals surface area contributed by atoms with Crippen LogP contribution in [-0.4, -0.2) is 37.2 Å². The summed E-state index contributed by atoms with van der Waals surface area (Å²) in [6.45, 7) is 6.65. The van der Waals surface area contributed by atoms with Crippen molar-refractivity contribution in [1.29, 1.82) is 0 Å². The third kappa shape index (κ3) is 50.7. The van der Waals surface area contributed by atoms with Crippen molar-refractivity contribution in [2.24, 2.45) is 0 Å². The summed E-state index contributed by atoms with van der Waals surface area (Å²) in [5, 5.41) is 0. The molecule has 0 bridgehead atoms. The number of unbranched alkanes of at least 4 members (excludes halogenated alkanes) is 36. The molecule has 0 fully saturated rings. The molecule has 0 aliphatic carbocycles. The van der Waals surface area contributed by atoms with Crippen molar-refractivity contribution in [3.63, 3.8) is 0 Å². The zero-order valence-corrected chi connectivity index (χ0v) is 42.4. The minimum Gasteiger partial charge on any atom is -0.462 e. The highest BCUT2D eigenvalue weighted by Crippen LogP contribution is 2.16. The number of esters is 3. The molecule has 0 aromatic heterocycles. The van der Waals surface area contributed by atoms with Crippen LogP contribution in [0.1, 0.15) is 303 Å². The molecule has 0 N–H and O–H groups in total. The summed E-state index contributed by atoms with van der Waals surface area (Å²) in [7, 11) is 0. The van der Waals surface area contributed by atoms with E-state index in [4.69, 9.17) is 14.2 Å². The van der Waals surface area contributed by atoms with E-state index in [9.17, 15) is 14.4 Å². The van der Waals surface area contributed by atoms with Crippen LogP contribution in [0.5, 0.6) is 0 Å². The van der Waals surface area contributed by atoms with E-state index in [1.54, 1.807) is 0 Å². The topological polar surface area (TPSA) is 78.9 Å². The highest BCUT2D eigenvalue weighted by atomic mass is 16.6. The van der Waals surface area contributed by atoms with Crippen LogP contribution in [0.2, 0.25) is 0 Å². The van der Waals surface area contributed by atoms with Gasteiger partial charge in [0.1, 0.15) is 13.2 Å². The molecule has 0 saturated heterocycles. The van der Waals surface area contributed by atoms with Gasteiger partial charge in [-0.2, -0.15) is 0 Å². The molecule has 0 aliphatic heterocycles. The maximum absolute atomic E-state index is 12.8. The number of rotatable bonds is 51. The van der Waals surface area contributed by atoms with Crippen molar-refractivity contribution < 1.29 is 28.6 Å². The molecule has 1 atom stereocenters. The summed E-state index contributed by atoms with van der Waals surface area (Å²) in [6, 6.07) is 0. The van der Waals surface area contributed by atoms with Crippen molar-refractivity contribution in [3.8, 4) is 0 Å². The van der Waals surface area contributed by atoms with E-state index in [0.29, 0.717) is 19.3 Å². The largest absolute Gasteiger partial charge is 0.462 e. The van der Waals surface area contributed by atoms with Crippen LogP contribution in [0.3, 0.4) is 0 Å². The second-order valence-corrected chi connectivity index (χ2v) is 18.8. The van der Waals surface area contributed by atoms with Gasteiger partial charge in [0.25, 0.3) is 0 Å². The first-order valence-electron chi connectivity index (χ1n) is 27.8. The molecule has 0 rings (SSSR count). The Bertz CT molecular complexity index is 1020. The van der Waals surface area contributed by atoms with Gasteiger partial charge in [-0.3, -0.25) is 14.4 Å². The molecule has 0 spiro atoms. The molecular weight excluding hydrogens is 781 g/mol. The van der Waals surface area contributed by atoms with Gasteiger partial charge in [0.2, 0.25) is 0 Å². The van der Waals surface area contributed by atoms with Crippen LogP contribution < -0.4 is 0 Å². The molecule has 63 heavy (non-hydrogen) atoms. The molecule has 0 aliphatic rings. The average molecular weight is 887 g/mol. The molecule has 0 aromatic rings. The van der Waals surface area contributed by atoms with Gasteiger partial charge in [0, 0.05) is 19.3 Å². The summed E-state index contributed by atoms with van der Waals surface area (Å²) in [4.78, 5) is 38.0. The Labute approximate surface area is 392 Å². The van der Waals surface area contributed by atoms with Crippen LogP contribution in [-0.2, 0) is 28.6 Å². The standard InChI is InChI=1S/C57H106O6/c1-4-7-10-13-16-19-22-25-27-28-29-30-31-33-35-38-41-44-47-50-56(59)62-53-54(52-61-55(58)49-46-43-40-37-34-24-21-18-15-12-9-6-3)63-57(60)51-48-45-42-39-36-32-26-23-20-17-14-11-8-5-2/h23,26,28-29,54H,4-22,24-25,27,30-53H2,1-3H3/b26-23-,29-28-/t54-/m1/s1. The Balaban J connectivity index is 4.31. The summed E-state index contributed by atoms with van der Waals surface area (Å²) in [5.74, 6) is -0.869. The maximum Gasteiger partial charge on any atom is 0.306 e. The van der Waals surface area contributed by atoms with Gasteiger partial charge in [0.15, 0.2) is 6.10 Å². The predicted octanol–water partition coefficient (Wildman–Crippen LogP) is 18.3. The first kappa shape index (κ1) is 60.9. The number of hydrogen-bond acceptors (Lipinski definition) is 6. The normalized spacial score (nSPS) is 12.1. The molecule has 0 heterocycles. The van der Waals surface area contributed by atoms with Crippen molar-refractivity contribution in [1.82, 2.24) is 0 Å². The molecule has 0 aromatic carbocycles. The van der Waals surface area contributed by atoms with E-state index in [1.807, 2.05) is 0 Å². The van der Waals surface area contributed by atoms with E-state index in [1.165, 1.54) is 199 Å². The van der Waals surface area contributed by atoms with Crippen LogP contribution in [0, 0.1) is 0 Å². The predicted molar refractivity (Wildman–Crippen MR) is 270 cm³/mol. The van der Waals surface area contributed by atoms with E-state index >= 15 is 0 Å². The highest BCUT2D eigenvalue weighted by Gasteiger charge is 2.19. The molecule has 0 amide bonds. The zero-order valence-electron chi connectivity index (χ0n) is 42.4. The smallest absolute Gasteiger partial charge is 0.306 e. The summed E-state index contributed by atoms with van der Waals surface area (Å²) in [6.07, 6.45) is 60.2. The Kier molecular flexibility index (Phi) is 50.8. The number of carbonyl (C=O) groups is 3. The van der Waals surface area contributed by atoms with Crippen molar-refractivity contribution in [2.45, 2.75) is 309 Å². The summed E-state index contributed by atoms with van der Waals surface area (Å²) >= 11 is 0. The number of allylic oxidation sites excluding steroid dienone is 4. The second-order valence-electron chi connectivity index (χ2n) is 18.8. The minimum absolute atomic E-state index is 0.0720. The van der Waals surface area contributed by atoms with E-state index in [-0.39, 0.29) is 31.1 Å². The van der Waals surface area contributed by atoms with Gasteiger partial charge in [0.05, 0.1) is 0 Å². The lowest BCUT2D eigenvalue weighted by Gasteiger charge is -2.18. The lowest BCUT2D eigenvalue weighted by atomic mass is 10.0. The van der Waals surface area contributed by atoms with Gasteiger partial charge in [-0.1, -0.05) is 238 Å². The van der Waals surface area contributed by atoms with E-state index in [0.717, 1.165) is 64.2 Å². The van der Waals surface area contributed by atoms with Gasteiger partial charge in [-0.05, 0) is 70.6 Å². The van der Waals surface area contributed by atoms with Crippen LogP contribution in [0.15, 0.2) is 24.3 Å². The summed E-state index contributed by atoms with van der Waals surface area (Å²) < 4.78 is 16.8. The molecule has 0 radical (unpaired) electrons. The Hall–Kier alpha value is -2.11. The minimum atomic E-state index is -0.772. The first-order chi connectivity index (χ1) is 31.0. The third-order valence-electron chi connectivity index (χ3n) is 12.4. The fourth-order valence-electron chi connectivity index (χ4n) is 8.20. The van der Waals surface area contributed by atoms with Crippen molar-refractivity contribution in [3.05, 3.63) is 24.3 Å². The fraction of sp³-hybridized carbons (Fsp3) is 0.877. The van der Waals surface area contributed by atoms with Gasteiger partial charge in [-0.15, -0.1) is 0 Å². The molecule has 0 saturated carbocycles. The Morgan fingerprint density at radius 2 is 0.524 bits per heavy atom. The average Bonchev–Trinajstić information content (AvgIpc) is 3.28. The zero-order chi connectivity index (χ0) is 45.8. The summed E-state index contributed by atoms with van der Waals surface area (Å²) in [5.41, 5.74) is 0. The second kappa shape index (κ2) is 52.5. The third-order valence-corrected chi connectivity index (χ3v) is 12.4. The van der Waals surface area contributed by atoms with Gasteiger partial charge in [-0.25, -0.2) is 0 Å². The van der Waals surface area contributed by atoms with Crippen LogP contribution in [0.25, 0.3) is 0 Å². The molecule has 6 heteroatoms. The number of ether oxygens (including phenoxy) is 3. The first-order valence-corrected chi connectivity index (χ1v) is 27.8. The Morgan fingerprint density at radius 1 is 0.302 bits per heavy atom. The van der Waals surface area contributed by atoms with Gasteiger partial charge >= 0.3 is 17.9 Å². The molecule has 370 valence electrons. The highest BCUT2D eigenvalue weighted by molar-refractivity contribution is 5.71. The van der Waals surface area contributed by atoms with E-state index < -0.39 is 6.10 Å². The lowest BCUT2D eigenvalue weighted by Crippen LogP contribution is -2.30. The molecular formula is C57H106O6. The van der Waals surface area contributed by atoms with Crippen molar-refractivity contribution >= 4 is 17.9 Å². The molecule has 6 nitrogen and oxygen atoms in total. The fourth-order valence-corrected chi connectivity index (χ4v) is 8.20. The Morgan fingerprint density at radius 3 is 0.794 bits per heavy atom. The lowest BCUT2D eigenvalue weighted by molar-refractivity contribution is -0.167. The van der Waals surface area contributed by atoms with Crippen LogP contribution >= 0.6 is 0 Å². The van der Waals surface area contributed by atoms with E-state index in [2.05, 4.69) is 45.1 Å².